The van der Waals surface area contributed by atoms with Crippen LogP contribution in [0.3, 0.4) is 0 Å². The van der Waals surface area contributed by atoms with Gasteiger partial charge in [0, 0.05) is 0 Å². The van der Waals surface area contributed by atoms with Gasteiger partial charge in [-0.25, -0.2) is 0 Å². The van der Waals surface area contributed by atoms with Crippen molar-refractivity contribution in [2.75, 3.05) is 13.6 Å². The SMILES string of the molecule is Br.CCCCCCCCCCCCCCCCNC. The molecule has 0 aromatic carbocycles. The summed E-state index contributed by atoms with van der Waals surface area (Å²) in [4.78, 5) is 0. The molecule has 0 aliphatic heterocycles. The molecule has 0 radical (unpaired) electrons. The molecule has 0 fully saturated rings. The number of halogens is 1. The van der Waals surface area contributed by atoms with Gasteiger partial charge < -0.3 is 5.32 Å². The summed E-state index contributed by atoms with van der Waals surface area (Å²) in [5, 5.41) is 3.21. The first-order valence-corrected chi connectivity index (χ1v) is 8.56. The number of unbranched alkanes of at least 4 members (excludes halogenated alkanes) is 13. The third-order valence-electron chi connectivity index (χ3n) is 3.78. The molecule has 0 amide bonds. The Morgan fingerprint density at radius 1 is 0.526 bits per heavy atom. The summed E-state index contributed by atoms with van der Waals surface area (Å²) < 4.78 is 0. The zero-order valence-corrected chi connectivity index (χ0v) is 15.2. The first-order chi connectivity index (χ1) is 8.91. The van der Waals surface area contributed by atoms with Crippen LogP contribution < -0.4 is 5.32 Å². The first-order valence-electron chi connectivity index (χ1n) is 8.56. The Morgan fingerprint density at radius 3 is 1.16 bits per heavy atom. The van der Waals surface area contributed by atoms with E-state index in [1.54, 1.807) is 0 Å². The maximum absolute atomic E-state index is 3.21. The molecule has 0 aliphatic carbocycles. The Morgan fingerprint density at radius 2 is 0.842 bits per heavy atom. The van der Waals surface area contributed by atoms with Crippen molar-refractivity contribution < 1.29 is 0 Å². The van der Waals surface area contributed by atoms with Gasteiger partial charge in [0.15, 0.2) is 0 Å². The van der Waals surface area contributed by atoms with Crippen LogP contribution in [0.5, 0.6) is 0 Å². The van der Waals surface area contributed by atoms with Gasteiger partial charge >= 0.3 is 0 Å². The minimum atomic E-state index is 0. The van der Waals surface area contributed by atoms with Gasteiger partial charge in [-0.3, -0.25) is 0 Å². The highest BCUT2D eigenvalue weighted by atomic mass is 79.9. The Balaban J connectivity index is 0. The molecule has 19 heavy (non-hydrogen) atoms. The summed E-state index contributed by atoms with van der Waals surface area (Å²) >= 11 is 0. The molecule has 0 aromatic rings. The summed E-state index contributed by atoms with van der Waals surface area (Å²) in [6, 6.07) is 0. The first kappa shape index (κ1) is 21.7. The Kier molecular flexibility index (Phi) is 23.7. The van der Waals surface area contributed by atoms with Crippen LogP contribution in [-0.4, -0.2) is 13.6 Å². The third kappa shape index (κ3) is 20.9. The predicted molar refractivity (Wildman–Crippen MR) is 94.6 cm³/mol. The van der Waals surface area contributed by atoms with Gasteiger partial charge in [0.2, 0.25) is 0 Å². The summed E-state index contributed by atoms with van der Waals surface area (Å²) in [6.45, 7) is 3.48. The lowest BCUT2D eigenvalue weighted by molar-refractivity contribution is 0.533. The zero-order chi connectivity index (χ0) is 13.3. The second-order valence-electron chi connectivity index (χ2n) is 5.70. The average Bonchev–Trinajstić information content (AvgIpc) is 2.39. The molecule has 1 N–H and O–H groups in total. The van der Waals surface area contributed by atoms with Gasteiger partial charge in [0.1, 0.15) is 0 Å². The van der Waals surface area contributed by atoms with Crippen molar-refractivity contribution in [2.24, 2.45) is 0 Å². The van der Waals surface area contributed by atoms with E-state index in [1.165, 1.54) is 96.4 Å². The van der Waals surface area contributed by atoms with E-state index in [4.69, 9.17) is 0 Å². The quantitative estimate of drug-likeness (QED) is 0.348. The number of hydrogen-bond donors (Lipinski definition) is 1. The van der Waals surface area contributed by atoms with E-state index >= 15 is 0 Å². The smallest absolute Gasteiger partial charge is 0.00519 e. The maximum atomic E-state index is 3.21. The Hall–Kier alpha value is 0.440. The molecule has 0 heterocycles. The molecule has 2 heteroatoms. The predicted octanol–water partition coefficient (Wildman–Crippen LogP) is 6.27. The highest BCUT2D eigenvalue weighted by Gasteiger charge is 1.93. The molecule has 0 aromatic heterocycles. The lowest BCUT2D eigenvalue weighted by atomic mass is 10.0. The Bertz CT molecular complexity index is 123. The van der Waals surface area contributed by atoms with E-state index in [9.17, 15) is 0 Å². The molecule has 118 valence electrons. The van der Waals surface area contributed by atoms with Gasteiger partial charge in [-0.05, 0) is 20.0 Å². The van der Waals surface area contributed by atoms with E-state index in [2.05, 4.69) is 12.2 Å². The lowest BCUT2D eigenvalue weighted by Gasteiger charge is -2.03. The van der Waals surface area contributed by atoms with E-state index in [-0.39, 0.29) is 17.0 Å². The van der Waals surface area contributed by atoms with Crippen LogP contribution >= 0.6 is 17.0 Å². The monoisotopic (exact) mass is 335 g/mol. The van der Waals surface area contributed by atoms with E-state index in [0.29, 0.717) is 0 Å². The molecular formula is C17H38BrN. The number of nitrogens with one attached hydrogen (secondary N) is 1. The van der Waals surface area contributed by atoms with Crippen LogP contribution in [-0.2, 0) is 0 Å². The largest absolute Gasteiger partial charge is 0.320 e. The van der Waals surface area contributed by atoms with E-state index in [1.807, 2.05) is 7.05 Å². The summed E-state index contributed by atoms with van der Waals surface area (Å²) in [5.74, 6) is 0. The molecule has 0 atom stereocenters. The van der Waals surface area contributed by atoms with Crippen LogP contribution in [0, 0.1) is 0 Å². The molecule has 0 saturated heterocycles. The van der Waals surface area contributed by atoms with Crippen molar-refractivity contribution in [1.29, 1.82) is 0 Å². The van der Waals surface area contributed by atoms with Crippen molar-refractivity contribution in [3.05, 3.63) is 0 Å². The molecule has 0 saturated carbocycles. The van der Waals surface area contributed by atoms with E-state index < -0.39 is 0 Å². The Labute approximate surface area is 133 Å². The molecule has 0 unspecified atom stereocenters. The summed E-state index contributed by atoms with van der Waals surface area (Å²) in [6.07, 6.45) is 20.3. The fraction of sp³-hybridized carbons (Fsp3) is 1.00. The average molecular weight is 336 g/mol. The van der Waals surface area contributed by atoms with Gasteiger partial charge in [-0.1, -0.05) is 90.4 Å². The highest BCUT2D eigenvalue weighted by Crippen LogP contribution is 2.12. The lowest BCUT2D eigenvalue weighted by Crippen LogP contribution is -2.06. The highest BCUT2D eigenvalue weighted by molar-refractivity contribution is 8.93. The molecular weight excluding hydrogens is 298 g/mol. The third-order valence-corrected chi connectivity index (χ3v) is 3.78. The minimum absolute atomic E-state index is 0. The van der Waals surface area contributed by atoms with Crippen molar-refractivity contribution >= 4 is 17.0 Å². The molecule has 0 bridgehead atoms. The fourth-order valence-electron chi connectivity index (χ4n) is 2.50. The van der Waals surface area contributed by atoms with Crippen molar-refractivity contribution in [3.8, 4) is 0 Å². The van der Waals surface area contributed by atoms with Gasteiger partial charge in [-0.2, -0.15) is 0 Å². The fourth-order valence-corrected chi connectivity index (χ4v) is 2.50. The standard InChI is InChI=1S/C17H37N.BrH/c1-3-4-5-6-7-8-9-10-11-12-13-14-15-16-17-18-2;/h18H,3-17H2,1-2H3;1H. The summed E-state index contributed by atoms with van der Waals surface area (Å²) in [7, 11) is 2.04. The summed E-state index contributed by atoms with van der Waals surface area (Å²) in [5.41, 5.74) is 0. The van der Waals surface area contributed by atoms with Crippen LogP contribution in [0.15, 0.2) is 0 Å². The molecule has 0 rings (SSSR count). The van der Waals surface area contributed by atoms with Gasteiger partial charge in [0.25, 0.3) is 0 Å². The maximum Gasteiger partial charge on any atom is -0.00519 e. The van der Waals surface area contributed by atoms with Crippen LogP contribution in [0.1, 0.15) is 96.8 Å². The van der Waals surface area contributed by atoms with E-state index in [0.717, 1.165) is 0 Å². The van der Waals surface area contributed by atoms with Gasteiger partial charge in [-0.15, -0.1) is 17.0 Å². The number of rotatable bonds is 15. The molecule has 1 nitrogen and oxygen atoms in total. The van der Waals surface area contributed by atoms with Crippen molar-refractivity contribution in [2.45, 2.75) is 96.8 Å². The van der Waals surface area contributed by atoms with Crippen molar-refractivity contribution in [3.63, 3.8) is 0 Å². The topological polar surface area (TPSA) is 12.0 Å². The normalized spacial score (nSPS) is 10.4. The molecule has 0 aliphatic rings. The van der Waals surface area contributed by atoms with Crippen LogP contribution in [0.2, 0.25) is 0 Å². The number of hydrogen-bond acceptors (Lipinski definition) is 1. The zero-order valence-electron chi connectivity index (χ0n) is 13.5. The minimum Gasteiger partial charge on any atom is -0.320 e. The van der Waals surface area contributed by atoms with Crippen molar-refractivity contribution in [1.82, 2.24) is 5.32 Å². The second-order valence-corrected chi connectivity index (χ2v) is 5.70. The van der Waals surface area contributed by atoms with Gasteiger partial charge in [0.05, 0.1) is 0 Å². The second kappa shape index (κ2) is 20.8. The molecule has 0 spiro atoms. The van der Waals surface area contributed by atoms with Crippen LogP contribution in [0.25, 0.3) is 0 Å². The van der Waals surface area contributed by atoms with Crippen LogP contribution in [0.4, 0.5) is 0 Å².